The predicted molar refractivity (Wildman–Crippen MR) is 82.4 cm³/mol. The van der Waals surface area contributed by atoms with Crippen LogP contribution < -0.4 is 0 Å². The lowest BCUT2D eigenvalue weighted by Gasteiger charge is -2.31. The van der Waals surface area contributed by atoms with Crippen molar-refractivity contribution in [3.8, 4) is 0 Å². The van der Waals surface area contributed by atoms with Crippen LogP contribution in [0.5, 0.6) is 0 Å². The third-order valence-electron chi connectivity index (χ3n) is 4.97. The summed E-state index contributed by atoms with van der Waals surface area (Å²) >= 11 is 0. The Bertz CT molecular complexity index is 433. The Labute approximate surface area is 122 Å². The van der Waals surface area contributed by atoms with E-state index in [9.17, 15) is 9.90 Å². The van der Waals surface area contributed by atoms with Gasteiger partial charge in [0.25, 0.3) is 0 Å². The van der Waals surface area contributed by atoms with Gasteiger partial charge in [-0.1, -0.05) is 56.2 Å². The Hall–Kier alpha value is -1.31. The Morgan fingerprint density at radius 2 is 2.25 bits per heavy atom. The van der Waals surface area contributed by atoms with E-state index < -0.39 is 11.4 Å². The largest absolute Gasteiger partial charge is 0.481 e. The van der Waals surface area contributed by atoms with Gasteiger partial charge < -0.3 is 5.11 Å². The van der Waals surface area contributed by atoms with Gasteiger partial charge in [0.1, 0.15) is 0 Å². The van der Waals surface area contributed by atoms with Crippen LogP contribution in [0.15, 0.2) is 36.5 Å². The highest BCUT2D eigenvalue weighted by Crippen LogP contribution is 2.60. The summed E-state index contributed by atoms with van der Waals surface area (Å²) in [4.78, 5) is 11.3. The fourth-order valence-electron chi connectivity index (χ4n) is 3.91. The molecule has 3 rings (SSSR count). The summed E-state index contributed by atoms with van der Waals surface area (Å²) in [6.45, 7) is 4.28. The standard InChI is InChI=1S/C11H12O2.C7H14/c12-10(13)11-5-1-2-9(11)7-3-4-8(11)6-7;1-3-5-7-6-4-2/h1,3-5,7-9H,2,6H2,(H,12,13);3,5H,4,6-7H2,1-2H3. The summed E-state index contributed by atoms with van der Waals surface area (Å²) in [5.74, 6) is 0.512. The number of aliphatic carboxylic acids is 1. The van der Waals surface area contributed by atoms with Crippen molar-refractivity contribution >= 4 is 5.97 Å². The number of unbranched alkanes of at least 4 members (excludes halogenated alkanes) is 2. The molecule has 0 aromatic rings. The summed E-state index contributed by atoms with van der Waals surface area (Å²) < 4.78 is 0. The lowest BCUT2D eigenvalue weighted by molar-refractivity contribution is -0.149. The van der Waals surface area contributed by atoms with E-state index >= 15 is 0 Å². The molecule has 110 valence electrons. The number of carboxylic acids is 1. The van der Waals surface area contributed by atoms with Crippen molar-refractivity contribution in [2.45, 2.75) is 46.0 Å². The van der Waals surface area contributed by atoms with Gasteiger partial charge >= 0.3 is 5.97 Å². The fourth-order valence-corrected chi connectivity index (χ4v) is 3.91. The second-order valence-electron chi connectivity index (χ2n) is 6.08. The molecule has 0 saturated heterocycles. The van der Waals surface area contributed by atoms with Crippen LogP contribution in [0.4, 0.5) is 0 Å². The summed E-state index contributed by atoms with van der Waals surface area (Å²) in [6, 6.07) is 0. The second-order valence-corrected chi connectivity index (χ2v) is 6.08. The number of fused-ring (bicyclic) bond motifs is 5. The number of carbonyl (C=O) groups is 1. The first-order chi connectivity index (χ1) is 9.66. The molecule has 2 bridgehead atoms. The molecule has 0 aromatic carbocycles. The lowest BCUT2D eigenvalue weighted by Crippen LogP contribution is -2.37. The second kappa shape index (κ2) is 6.43. The van der Waals surface area contributed by atoms with E-state index in [0.29, 0.717) is 11.8 Å². The summed E-state index contributed by atoms with van der Waals surface area (Å²) in [5, 5.41) is 9.31. The highest BCUT2D eigenvalue weighted by molar-refractivity contribution is 5.80. The summed E-state index contributed by atoms with van der Waals surface area (Å²) in [5.41, 5.74) is -0.528. The van der Waals surface area contributed by atoms with Crippen LogP contribution in [-0.2, 0) is 4.79 Å². The zero-order valence-electron chi connectivity index (χ0n) is 12.6. The molecule has 0 spiro atoms. The minimum atomic E-state index is -0.622. The zero-order valence-corrected chi connectivity index (χ0v) is 12.6. The average molecular weight is 274 g/mol. The smallest absolute Gasteiger partial charge is 0.314 e. The van der Waals surface area contributed by atoms with E-state index in [2.05, 4.69) is 38.2 Å². The summed E-state index contributed by atoms with van der Waals surface area (Å²) in [7, 11) is 0. The maximum absolute atomic E-state index is 11.3. The quantitative estimate of drug-likeness (QED) is 0.601. The van der Waals surface area contributed by atoms with E-state index in [1.165, 1.54) is 19.3 Å². The predicted octanol–water partition coefficient (Wildman–Crippen LogP) is 4.59. The molecule has 3 aliphatic carbocycles. The SMILES string of the molecule is CC=CCCCC.O=C(O)C12C=CCC1C1C=CC2C1. The molecule has 4 unspecified atom stereocenters. The molecule has 3 aliphatic rings. The molecule has 1 fully saturated rings. The molecule has 0 radical (unpaired) electrons. The molecule has 0 amide bonds. The third-order valence-corrected chi connectivity index (χ3v) is 4.97. The topological polar surface area (TPSA) is 37.3 Å². The first kappa shape index (κ1) is 15.1. The number of hydrogen-bond donors (Lipinski definition) is 1. The normalized spacial score (nSPS) is 36.2. The highest BCUT2D eigenvalue weighted by atomic mass is 16.4. The first-order valence-corrected chi connectivity index (χ1v) is 7.87. The molecule has 2 nitrogen and oxygen atoms in total. The molecule has 0 heterocycles. The first-order valence-electron chi connectivity index (χ1n) is 7.87. The summed E-state index contributed by atoms with van der Waals surface area (Å²) in [6.07, 6.45) is 18.5. The molecule has 0 aromatic heterocycles. The fraction of sp³-hybridized carbons (Fsp3) is 0.611. The van der Waals surface area contributed by atoms with Gasteiger partial charge in [-0.05, 0) is 43.9 Å². The molecule has 1 saturated carbocycles. The van der Waals surface area contributed by atoms with Gasteiger partial charge in [0.15, 0.2) is 0 Å². The number of rotatable bonds is 4. The number of carboxylic acid groups (broad SMARTS) is 1. The Kier molecular flexibility index (Phi) is 4.85. The van der Waals surface area contributed by atoms with Crippen LogP contribution in [0.3, 0.4) is 0 Å². The molecule has 1 N–H and O–H groups in total. The van der Waals surface area contributed by atoms with E-state index in [1.807, 2.05) is 12.2 Å². The van der Waals surface area contributed by atoms with E-state index in [4.69, 9.17) is 0 Å². The molecule has 0 aliphatic heterocycles. The lowest BCUT2D eigenvalue weighted by atomic mass is 9.71. The van der Waals surface area contributed by atoms with Gasteiger partial charge in [-0.15, -0.1) is 0 Å². The van der Waals surface area contributed by atoms with Crippen molar-refractivity contribution in [2.24, 2.45) is 23.2 Å². The van der Waals surface area contributed by atoms with E-state index in [1.54, 1.807) is 0 Å². The van der Waals surface area contributed by atoms with Crippen molar-refractivity contribution < 1.29 is 9.90 Å². The van der Waals surface area contributed by atoms with Gasteiger partial charge in [0, 0.05) is 0 Å². The van der Waals surface area contributed by atoms with E-state index in [0.717, 1.165) is 12.8 Å². The van der Waals surface area contributed by atoms with Crippen LogP contribution >= 0.6 is 0 Å². The van der Waals surface area contributed by atoms with Crippen LogP contribution in [0.1, 0.15) is 46.0 Å². The molecular weight excluding hydrogens is 248 g/mol. The molecule has 20 heavy (non-hydrogen) atoms. The average Bonchev–Trinajstić information content (AvgIpc) is 3.12. The minimum Gasteiger partial charge on any atom is -0.481 e. The molecule has 2 heteroatoms. The van der Waals surface area contributed by atoms with Gasteiger partial charge in [-0.25, -0.2) is 0 Å². The Morgan fingerprint density at radius 3 is 2.85 bits per heavy atom. The highest BCUT2D eigenvalue weighted by Gasteiger charge is 2.60. The van der Waals surface area contributed by atoms with Crippen LogP contribution in [-0.4, -0.2) is 11.1 Å². The number of allylic oxidation sites excluding steroid dienone is 5. The number of hydrogen-bond acceptors (Lipinski definition) is 1. The Balaban J connectivity index is 0.000000182. The van der Waals surface area contributed by atoms with Crippen LogP contribution in [0.2, 0.25) is 0 Å². The van der Waals surface area contributed by atoms with Crippen molar-refractivity contribution in [3.05, 3.63) is 36.5 Å². The molecular formula is C18H26O2. The maximum atomic E-state index is 11.3. The van der Waals surface area contributed by atoms with Gasteiger partial charge in [-0.2, -0.15) is 0 Å². The van der Waals surface area contributed by atoms with Crippen LogP contribution in [0, 0.1) is 23.2 Å². The van der Waals surface area contributed by atoms with Crippen LogP contribution in [0.25, 0.3) is 0 Å². The van der Waals surface area contributed by atoms with Crippen molar-refractivity contribution in [1.29, 1.82) is 0 Å². The molecule has 4 atom stereocenters. The van der Waals surface area contributed by atoms with E-state index in [-0.39, 0.29) is 5.92 Å². The van der Waals surface area contributed by atoms with Gasteiger partial charge in [0.05, 0.1) is 5.41 Å². The van der Waals surface area contributed by atoms with Crippen molar-refractivity contribution in [1.82, 2.24) is 0 Å². The van der Waals surface area contributed by atoms with Crippen molar-refractivity contribution in [2.75, 3.05) is 0 Å². The van der Waals surface area contributed by atoms with Gasteiger partial charge in [-0.3, -0.25) is 4.79 Å². The Morgan fingerprint density at radius 1 is 1.45 bits per heavy atom. The van der Waals surface area contributed by atoms with Gasteiger partial charge in [0.2, 0.25) is 0 Å². The van der Waals surface area contributed by atoms with Crippen molar-refractivity contribution in [3.63, 3.8) is 0 Å². The minimum absolute atomic E-state index is 0.263. The maximum Gasteiger partial charge on any atom is 0.314 e. The monoisotopic (exact) mass is 274 g/mol. The third kappa shape index (κ3) is 2.48. The zero-order chi connectivity index (χ0) is 14.6.